The molecule has 0 atom stereocenters. The van der Waals surface area contributed by atoms with Crippen LogP contribution in [-0.4, -0.2) is 14.2 Å². The summed E-state index contributed by atoms with van der Waals surface area (Å²) >= 11 is 0. The first-order valence-electron chi connectivity index (χ1n) is 7.50. The van der Waals surface area contributed by atoms with Gasteiger partial charge in [-0.05, 0) is 29.7 Å². The summed E-state index contributed by atoms with van der Waals surface area (Å²) in [5.74, 6) is 1.64. The number of methoxy groups -OCH3 is 2. The van der Waals surface area contributed by atoms with Crippen molar-refractivity contribution in [3.8, 4) is 11.5 Å². The molecule has 2 aromatic carbocycles. The topological polar surface area (TPSA) is 18.5 Å². The van der Waals surface area contributed by atoms with Gasteiger partial charge in [-0.15, -0.1) is 0 Å². The molecule has 0 radical (unpaired) electrons. The van der Waals surface area contributed by atoms with E-state index in [1.54, 1.807) is 14.2 Å². The van der Waals surface area contributed by atoms with Gasteiger partial charge in [-0.25, -0.2) is 0 Å². The molecule has 0 heterocycles. The number of ether oxygens (including phenoxy) is 2. The minimum absolute atomic E-state index is 0.0867. The molecule has 0 bridgehead atoms. The summed E-state index contributed by atoms with van der Waals surface area (Å²) in [6, 6.07) is 16.5. The molecule has 0 aliphatic carbocycles. The summed E-state index contributed by atoms with van der Waals surface area (Å²) in [5.41, 5.74) is 2.40. The van der Waals surface area contributed by atoms with Crippen LogP contribution in [0, 0.1) is 0 Å². The Morgan fingerprint density at radius 1 is 0.909 bits per heavy atom. The van der Waals surface area contributed by atoms with Crippen molar-refractivity contribution in [2.24, 2.45) is 0 Å². The summed E-state index contributed by atoms with van der Waals surface area (Å²) in [4.78, 5) is 0. The van der Waals surface area contributed by atoms with Crippen molar-refractivity contribution in [1.29, 1.82) is 0 Å². The Labute approximate surface area is 133 Å². The fourth-order valence-electron chi connectivity index (χ4n) is 2.38. The Morgan fingerprint density at radius 3 is 2.05 bits per heavy atom. The zero-order valence-corrected chi connectivity index (χ0v) is 13.8. The third-order valence-electron chi connectivity index (χ3n) is 3.83. The van der Waals surface area contributed by atoms with Gasteiger partial charge in [0.25, 0.3) is 0 Å². The van der Waals surface area contributed by atoms with Crippen molar-refractivity contribution in [3.05, 3.63) is 71.8 Å². The maximum atomic E-state index is 5.36. The largest absolute Gasteiger partial charge is 0.497 e. The van der Waals surface area contributed by atoms with E-state index >= 15 is 0 Å². The number of allylic oxidation sites excluding steroid dienone is 2. The molecule has 0 fully saturated rings. The lowest BCUT2D eigenvalue weighted by Gasteiger charge is -2.22. The van der Waals surface area contributed by atoms with E-state index in [0.717, 1.165) is 17.9 Å². The Bertz CT molecular complexity index is 605. The number of hydrogen-bond acceptors (Lipinski definition) is 2. The second kappa shape index (κ2) is 7.17. The summed E-state index contributed by atoms with van der Waals surface area (Å²) in [7, 11) is 3.35. The lowest BCUT2D eigenvalue weighted by Crippen LogP contribution is -2.14. The number of benzene rings is 2. The molecular formula is C20H24O2. The van der Waals surface area contributed by atoms with Gasteiger partial charge >= 0.3 is 0 Å². The fraction of sp³-hybridized carbons (Fsp3) is 0.300. The smallest absolute Gasteiger partial charge is 0.122 e. The van der Waals surface area contributed by atoms with Gasteiger partial charge in [0.2, 0.25) is 0 Å². The molecule has 22 heavy (non-hydrogen) atoms. The molecule has 2 nitrogen and oxygen atoms in total. The highest BCUT2D eigenvalue weighted by Gasteiger charge is 2.18. The first-order valence-corrected chi connectivity index (χ1v) is 7.50. The van der Waals surface area contributed by atoms with Crippen LogP contribution in [0.25, 0.3) is 0 Å². The molecule has 0 aliphatic rings. The Kier molecular flexibility index (Phi) is 5.26. The van der Waals surface area contributed by atoms with Crippen molar-refractivity contribution in [2.75, 3.05) is 14.2 Å². The van der Waals surface area contributed by atoms with Crippen molar-refractivity contribution in [2.45, 2.75) is 25.7 Å². The molecule has 2 rings (SSSR count). The second-order valence-corrected chi connectivity index (χ2v) is 5.92. The van der Waals surface area contributed by atoms with Crippen molar-refractivity contribution in [3.63, 3.8) is 0 Å². The standard InChI is InChI=1S/C20H24O2/c1-20(2,12-8-11-16-9-6-5-7-10-16)17-13-18(21-3)15-19(14-17)22-4/h5-10,12-15H,11H2,1-4H3/b12-8+. The molecule has 0 saturated carbocycles. The van der Waals surface area contributed by atoms with Crippen LogP contribution in [0.3, 0.4) is 0 Å². The highest BCUT2D eigenvalue weighted by atomic mass is 16.5. The lowest BCUT2D eigenvalue weighted by atomic mass is 9.83. The maximum absolute atomic E-state index is 5.36. The van der Waals surface area contributed by atoms with Crippen LogP contribution >= 0.6 is 0 Å². The van der Waals surface area contributed by atoms with Crippen LogP contribution < -0.4 is 9.47 Å². The van der Waals surface area contributed by atoms with Gasteiger partial charge in [-0.3, -0.25) is 0 Å². The van der Waals surface area contributed by atoms with E-state index in [1.807, 2.05) is 12.1 Å². The van der Waals surface area contributed by atoms with Gasteiger partial charge in [0, 0.05) is 11.5 Å². The highest BCUT2D eigenvalue weighted by Crippen LogP contribution is 2.32. The van der Waals surface area contributed by atoms with Crippen LogP contribution in [0.5, 0.6) is 11.5 Å². The summed E-state index contributed by atoms with van der Waals surface area (Å²) in [6.07, 6.45) is 5.40. The van der Waals surface area contributed by atoms with E-state index in [1.165, 1.54) is 11.1 Å². The molecule has 0 N–H and O–H groups in total. The van der Waals surface area contributed by atoms with E-state index in [2.05, 4.69) is 62.4 Å². The highest BCUT2D eigenvalue weighted by molar-refractivity contribution is 5.43. The molecule has 0 saturated heterocycles. The van der Waals surface area contributed by atoms with E-state index in [9.17, 15) is 0 Å². The average Bonchev–Trinajstić information content (AvgIpc) is 2.55. The van der Waals surface area contributed by atoms with E-state index in [4.69, 9.17) is 9.47 Å². The van der Waals surface area contributed by atoms with Crippen molar-refractivity contribution in [1.82, 2.24) is 0 Å². The quantitative estimate of drug-likeness (QED) is 0.714. The molecule has 0 spiro atoms. The molecule has 0 aromatic heterocycles. The van der Waals surface area contributed by atoms with Gasteiger partial charge in [0.1, 0.15) is 11.5 Å². The number of hydrogen-bond donors (Lipinski definition) is 0. The second-order valence-electron chi connectivity index (χ2n) is 5.92. The van der Waals surface area contributed by atoms with Gasteiger partial charge in [0.15, 0.2) is 0 Å². The maximum Gasteiger partial charge on any atom is 0.122 e. The first-order chi connectivity index (χ1) is 10.5. The zero-order chi connectivity index (χ0) is 16.0. The Morgan fingerprint density at radius 2 is 1.50 bits per heavy atom. The predicted molar refractivity (Wildman–Crippen MR) is 91.9 cm³/mol. The number of rotatable bonds is 6. The van der Waals surface area contributed by atoms with Gasteiger partial charge in [-0.1, -0.05) is 56.3 Å². The minimum Gasteiger partial charge on any atom is -0.497 e. The molecule has 116 valence electrons. The molecule has 2 heteroatoms. The van der Waals surface area contributed by atoms with Gasteiger partial charge in [0.05, 0.1) is 14.2 Å². The fourth-order valence-corrected chi connectivity index (χ4v) is 2.38. The van der Waals surface area contributed by atoms with Crippen LogP contribution in [0.15, 0.2) is 60.7 Å². The molecule has 2 aromatic rings. The van der Waals surface area contributed by atoms with Gasteiger partial charge < -0.3 is 9.47 Å². The Balaban J connectivity index is 2.18. The van der Waals surface area contributed by atoms with Crippen LogP contribution in [0.1, 0.15) is 25.0 Å². The van der Waals surface area contributed by atoms with Crippen LogP contribution in [0.4, 0.5) is 0 Å². The predicted octanol–water partition coefficient (Wildman–Crippen LogP) is 4.78. The summed E-state index contributed by atoms with van der Waals surface area (Å²) in [6.45, 7) is 4.39. The lowest BCUT2D eigenvalue weighted by molar-refractivity contribution is 0.392. The molecular weight excluding hydrogens is 272 g/mol. The summed E-state index contributed by atoms with van der Waals surface area (Å²) < 4.78 is 10.7. The normalized spacial score (nSPS) is 11.6. The van der Waals surface area contributed by atoms with E-state index in [-0.39, 0.29) is 5.41 Å². The third-order valence-corrected chi connectivity index (χ3v) is 3.83. The first kappa shape index (κ1) is 16.2. The van der Waals surface area contributed by atoms with Crippen molar-refractivity contribution >= 4 is 0 Å². The minimum atomic E-state index is -0.0867. The molecule has 0 amide bonds. The van der Waals surface area contributed by atoms with E-state index < -0.39 is 0 Å². The SMILES string of the molecule is COc1cc(OC)cc(C(C)(C)/C=C/Cc2ccccc2)c1. The van der Waals surface area contributed by atoms with E-state index in [0.29, 0.717) is 0 Å². The molecule has 0 aliphatic heterocycles. The average molecular weight is 296 g/mol. The van der Waals surface area contributed by atoms with Gasteiger partial charge in [-0.2, -0.15) is 0 Å². The third kappa shape index (κ3) is 4.14. The summed E-state index contributed by atoms with van der Waals surface area (Å²) in [5, 5.41) is 0. The van der Waals surface area contributed by atoms with Crippen LogP contribution in [0.2, 0.25) is 0 Å². The Hall–Kier alpha value is -2.22. The zero-order valence-electron chi connectivity index (χ0n) is 13.8. The van der Waals surface area contributed by atoms with Crippen LogP contribution in [-0.2, 0) is 11.8 Å². The monoisotopic (exact) mass is 296 g/mol. The van der Waals surface area contributed by atoms with Crippen molar-refractivity contribution < 1.29 is 9.47 Å². The molecule has 0 unspecified atom stereocenters.